The quantitative estimate of drug-likeness (QED) is 0.212. The molecule has 0 radical (unpaired) electrons. The summed E-state index contributed by atoms with van der Waals surface area (Å²) in [5.41, 5.74) is 5.13. The van der Waals surface area contributed by atoms with Crippen molar-refractivity contribution in [1.82, 2.24) is 0 Å². The molecule has 1 aliphatic heterocycles. The molecule has 1 aliphatic rings. The molecule has 0 amide bonds. The number of fused-ring (bicyclic) bond motifs is 1. The van der Waals surface area contributed by atoms with Crippen LogP contribution < -0.4 is 4.90 Å². The summed E-state index contributed by atoms with van der Waals surface area (Å²) < 4.78 is 5.92. The molecule has 0 aliphatic carbocycles. The lowest BCUT2D eigenvalue weighted by molar-refractivity contribution is 0.133. The fourth-order valence-electron chi connectivity index (χ4n) is 4.59. The predicted octanol–water partition coefficient (Wildman–Crippen LogP) is 8.71. The normalized spacial score (nSPS) is 16.4. The van der Waals surface area contributed by atoms with Crippen molar-refractivity contribution < 1.29 is 4.74 Å². The number of para-hydroxylation sites is 1. The Kier molecular flexibility index (Phi) is 6.84. The minimum atomic E-state index is -0.0905. The van der Waals surface area contributed by atoms with Crippen LogP contribution in [0, 0.1) is 17.9 Å². The zero-order valence-electron chi connectivity index (χ0n) is 20.5. The van der Waals surface area contributed by atoms with Gasteiger partial charge in [0.2, 0.25) is 0 Å². The number of nitrogens with zero attached hydrogens (tertiary/aromatic N) is 3. The number of hydrogen-bond acceptors (Lipinski definition) is 3. The van der Waals surface area contributed by atoms with Gasteiger partial charge >= 0.3 is 0 Å². The highest BCUT2D eigenvalue weighted by Gasteiger charge is 2.18. The summed E-state index contributed by atoms with van der Waals surface area (Å²) in [4.78, 5) is 5.62. The van der Waals surface area contributed by atoms with E-state index in [1.54, 1.807) is 6.08 Å². The lowest BCUT2D eigenvalue weighted by atomic mass is 10.0. The maximum Gasteiger partial charge on any atom is 0.265 e. The van der Waals surface area contributed by atoms with Gasteiger partial charge in [-0.25, -0.2) is 10.1 Å². The van der Waals surface area contributed by atoms with Crippen LogP contribution in [0.2, 0.25) is 0 Å². The second-order valence-electron chi connectivity index (χ2n) is 8.87. The van der Waals surface area contributed by atoms with Gasteiger partial charge in [0.1, 0.15) is 5.76 Å². The van der Waals surface area contributed by atoms with E-state index in [2.05, 4.69) is 101 Å². The van der Waals surface area contributed by atoms with Crippen molar-refractivity contribution in [3.05, 3.63) is 143 Å². The van der Waals surface area contributed by atoms with Gasteiger partial charge in [-0.15, -0.1) is 0 Å². The molecule has 4 aromatic rings. The molecule has 4 heteroatoms. The van der Waals surface area contributed by atoms with Gasteiger partial charge in [0, 0.05) is 23.2 Å². The standard InChI is InChI=1S/C33H25N3O/c1-24-21-27(32(23-34)35-2)22-30(37-24)20-17-25-15-18-29(19-16-25)36(28-11-4-3-5-12-28)33-14-8-10-26-9-6-7-13-31(26)33/h3-20,22,24H,21H2,1H3. The minimum absolute atomic E-state index is 0.0905. The first-order valence-electron chi connectivity index (χ1n) is 12.2. The Labute approximate surface area is 217 Å². The van der Waals surface area contributed by atoms with Crippen molar-refractivity contribution in [2.24, 2.45) is 0 Å². The lowest BCUT2D eigenvalue weighted by Crippen LogP contribution is -2.13. The fourth-order valence-corrected chi connectivity index (χ4v) is 4.59. The van der Waals surface area contributed by atoms with E-state index in [1.165, 1.54) is 10.8 Å². The molecule has 0 spiro atoms. The Hall–Kier alpha value is -5.06. The zero-order chi connectivity index (χ0) is 25.6. The van der Waals surface area contributed by atoms with Crippen LogP contribution in [0.1, 0.15) is 18.9 Å². The Morgan fingerprint density at radius 3 is 2.38 bits per heavy atom. The molecular weight excluding hydrogens is 454 g/mol. The molecule has 1 atom stereocenters. The van der Waals surface area contributed by atoms with Gasteiger partial charge < -0.3 is 9.64 Å². The van der Waals surface area contributed by atoms with Crippen LogP contribution in [-0.4, -0.2) is 6.10 Å². The molecule has 5 rings (SSSR count). The SMILES string of the molecule is [C-]#[N+]C(C#N)=C1C=C(C=Cc2ccc(N(c3ccccc3)c3cccc4ccccc34)cc2)OC(C)C1. The number of ether oxygens (including phenoxy) is 1. The first kappa shape index (κ1) is 23.7. The minimum Gasteiger partial charge on any atom is -0.490 e. The summed E-state index contributed by atoms with van der Waals surface area (Å²) in [5.74, 6) is 0.649. The number of rotatable bonds is 5. The fraction of sp³-hybridized carbons (Fsp3) is 0.0909. The average molecular weight is 480 g/mol. The van der Waals surface area contributed by atoms with Gasteiger partial charge in [-0.3, -0.25) is 0 Å². The van der Waals surface area contributed by atoms with E-state index in [-0.39, 0.29) is 11.8 Å². The largest absolute Gasteiger partial charge is 0.490 e. The van der Waals surface area contributed by atoms with E-state index < -0.39 is 0 Å². The smallest absolute Gasteiger partial charge is 0.265 e. The van der Waals surface area contributed by atoms with Gasteiger partial charge in [-0.2, -0.15) is 0 Å². The second kappa shape index (κ2) is 10.7. The van der Waals surface area contributed by atoms with E-state index in [4.69, 9.17) is 11.3 Å². The summed E-state index contributed by atoms with van der Waals surface area (Å²) in [7, 11) is 0. The van der Waals surface area contributed by atoms with Gasteiger partial charge in [-0.1, -0.05) is 72.8 Å². The van der Waals surface area contributed by atoms with E-state index >= 15 is 0 Å². The van der Waals surface area contributed by atoms with Gasteiger partial charge in [0.25, 0.3) is 5.70 Å². The first-order chi connectivity index (χ1) is 18.2. The molecule has 0 bridgehead atoms. The molecule has 0 saturated heterocycles. The number of allylic oxidation sites excluding steroid dienone is 3. The molecule has 1 heterocycles. The highest BCUT2D eigenvalue weighted by molar-refractivity contribution is 5.98. The van der Waals surface area contributed by atoms with Crippen LogP contribution in [0.3, 0.4) is 0 Å². The number of benzene rings is 4. The molecule has 4 aromatic carbocycles. The number of anilines is 3. The van der Waals surface area contributed by atoms with Gasteiger partial charge in [0.05, 0.1) is 24.4 Å². The molecule has 37 heavy (non-hydrogen) atoms. The monoisotopic (exact) mass is 479 g/mol. The van der Waals surface area contributed by atoms with E-state index in [0.29, 0.717) is 12.2 Å². The summed E-state index contributed by atoms with van der Waals surface area (Å²) in [6.45, 7) is 9.18. The van der Waals surface area contributed by atoms with Crippen molar-refractivity contribution in [2.75, 3.05) is 4.90 Å². The molecule has 0 N–H and O–H groups in total. The van der Waals surface area contributed by atoms with Crippen LogP contribution in [0.25, 0.3) is 21.7 Å². The molecule has 0 aromatic heterocycles. The predicted molar refractivity (Wildman–Crippen MR) is 150 cm³/mol. The molecule has 0 saturated carbocycles. The molecule has 1 unspecified atom stereocenters. The van der Waals surface area contributed by atoms with E-state index in [0.717, 1.165) is 28.2 Å². The van der Waals surface area contributed by atoms with Crippen molar-refractivity contribution in [3.63, 3.8) is 0 Å². The summed E-state index contributed by atoms with van der Waals surface area (Å²) in [6.07, 6.45) is 6.13. The Bertz CT molecular complexity index is 1580. The maximum absolute atomic E-state index is 9.24. The van der Waals surface area contributed by atoms with Crippen molar-refractivity contribution in [1.29, 1.82) is 5.26 Å². The molecule has 4 nitrogen and oxygen atoms in total. The molecule has 178 valence electrons. The third-order valence-corrected chi connectivity index (χ3v) is 6.30. The first-order valence-corrected chi connectivity index (χ1v) is 12.2. The third kappa shape index (κ3) is 5.15. The highest BCUT2D eigenvalue weighted by atomic mass is 16.5. The van der Waals surface area contributed by atoms with Crippen LogP contribution in [0.15, 0.2) is 126 Å². The molecular formula is C33H25N3O. The second-order valence-corrected chi connectivity index (χ2v) is 8.87. The number of nitriles is 1. The Morgan fingerprint density at radius 2 is 1.62 bits per heavy atom. The summed E-state index contributed by atoms with van der Waals surface area (Å²) in [6, 6.07) is 35.6. The zero-order valence-corrected chi connectivity index (χ0v) is 20.5. The van der Waals surface area contributed by atoms with Crippen molar-refractivity contribution in [2.45, 2.75) is 19.4 Å². The van der Waals surface area contributed by atoms with Crippen LogP contribution in [0.5, 0.6) is 0 Å². The Balaban J connectivity index is 1.48. The van der Waals surface area contributed by atoms with Crippen LogP contribution >= 0.6 is 0 Å². The van der Waals surface area contributed by atoms with E-state index in [1.807, 2.05) is 31.2 Å². The highest BCUT2D eigenvalue weighted by Crippen LogP contribution is 2.38. The number of hydrogen-bond donors (Lipinski definition) is 0. The molecule has 0 fully saturated rings. The lowest BCUT2D eigenvalue weighted by Gasteiger charge is -2.27. The van der Waals surface area contributed by atoms with Crippen molar-refractivity contribution in [3.8, 4) is 6.07 Å². The topological polar surface area (TPSA) is 40.6 Å². The summed E-state index contributed by atoms with van der Waals surface area (Å²) >= 11 is 0. The van der Waals surface area contributed by atoms with Crippen LogP contribution in [-0.2, 0) is 4.74 Å². The van der Waals surface area contributed by atoms with Gasteiger partial charge in [0.15, 0.2) is 0 Å². The van der Waals surface area contributed by atoms with Gasteiger partial charge in [-0.05, 0) is 65.9 Å². The van der Waals surface area contributed by atoms with Crippen LogP contribution in [0.4, 0.5) is 17.1 Å². The third-order valence-electron chi connectivity index (χ3n) is 6.30. The maximum atomic E-state index is 9.24. The van der Waals surface area contributed by atoms with Crippen molar-refractivity contribution >= 4 is 33.9 Å². The summed E-state index contributed by atoms with van der Waals surface area (Å²) in [5, 5.41) is 11.6. The van der Waals surface area contributed by atoms with E-state index in [9.17, 15) is 5.26 Å². The average Bonchev–Trinajstić information content (AvgIpc) is 2.94. The Morgan fingerprint density at radius 1 is 0.919 bits per heavy atom.